The highest BCUT2D eigenvalue weighted by Gasteiger charge is 2.17. The van der Waals surface area contributed by atoms with Gasteiger partial charge < -0.3 is 4.57 Å². The van der Waals surface area contributed by atoms with Crippen LogP contribution in [-0.4, -0.2) is 23.8 Å². The second-order valence-corrected chi connectivity index (χ2v) is 8.43. The van der Waals surface area contributed by atoms with Crippen molar-refractivity contribution < 1.29 is 13.2 Å². The molecule has 0 spiro atoms. The Balaban J connectivity index is 1.76. The van der Waals surface area contributed by atoms with Gasteiger partial charge in [0.15, 0.2) is 5.82 Å². The number of hydrogen-bond acceptors (Lipinski definition) is 4. The van der Waals surface area contributed by atoms with Crippen LogP contribution < -0.4 is 4.72 Å². The van der Waals surface area contributed by atoms with Crippen molar-refractivity contribution in [1.29, 1.82) is 0 Å². The zero-order valence-electron chi connectivity index (χ0n) is 16.1. The van der Waals surface area contributed by atoms with Crippen LogP contribution in [0.4, 0.5) is 5.69 Å². The summed E-state index contributed by atoms with van der Waals surface area (Å²) in [7, 11) is -1.95. The van der Waals surface area contributed by atoms with E-state index in [0.29, 0.717) is 23.0 Å². The molecule has 1 aromatic heterocycles. The molecule has 1 atom stereocenters. The van der Waals surface area contributed by atoms with E-state index in [0.717, 1.165) is 12.0 Å². The number of carbonyl (C=O) groups excluding carboxylic acids is 1. The van der Waals surface area contributed by atoms with Crippen molar-refractivity contribution in [2.24, 2.45) is 7.05 Å². The summed E-state index contributed by atoms with van der Waals surface area (Å²) < 4.78 is 29.4. The maximum absolute atomic E-state index is 12.6. The van der Waals surface area contributed by atoms with Gasteiger partial charge >= 0.3 is 0 Å². The van der Waals surface area contributed by atoms with Crippen molar-refractivity contribution >= 4 is 21.5 Å². The summed E-state index contributed by atoms with van der Waals surface area (Å²) >= 11 is 0. The molecular formula is C21H23N3O3S. The van der Waals surface area contributed by atoms with Crippen molar-refractivity contribution in [1.82, 2.24) is 9.55 Å². The summed E-state index contributed by atoms with van der Waals surface area (Å²) in [4.78, 5) is 16.7. The molecular weight excluding hydrogens is 374 g/mol. The summed E-state index contributed by atoms with van der Waals surface area (Å²) in [5.41, 5.74) is 1.94. The predicted octanol–water partition coefficient (Wildman–Crippen LogP) is 3.97. The summed E-state index contributed by atoms with van der Waals surface area (Å²) in [5, 5.41) is 0. The van der Waals surface area contributed by atoms with E-state index in [1.165, 1.54) is 0 Å². The van der Waals surface area contributed by atoms with Crippen LogP contribution in [0.5, 0.6) is 0 Å². The molecule has 28 heavy (non-hydrogen) atoms. The number of nitrogens with zero attached hydrogens (tertiary/aromatic N) is 2. The van der Waals surface area contributed by atoms with E-state index in [9.17, 15) is 13.2 Å². The van der Waals surface area contributed by atoms with E-state index in [1.54, 1.807) is 60.4 Å². The van der Waals surface area contributed by atoms with E-state index < -0.39 is 10.0 Å². The second kappa shape index (κ2) is 7.98. The number of nitrogens with one attached hydrogen (secondary N) is 1. The molecule has 0 fully saturated rings. The Hall–Kier alpha value is -2.93. The third-order valence-corrected chi connectivity index (χ3v) is 6.19. The molecule has 146 valence electrons. The van der Waals surface area contributed by atoms with Crippen LogP contribution in [0, 0.1) is 0 Å². The summed E-state index contributed by atoms with van der Waals surface area (Å²) in [6.07, 6.45) is 4.25. The van der Waals surface area contributed by atoms with E-state index in [-0.39, 0.29) is 10.7 Å². The first kappa shape index (κ1) is 19.8. The number of anilines is 1. The van der Waals surface area contributed by atoms with Crippen LogP contribution in [0.25, 0.3) is 0 Å². The standard InChI is InChI=1S/C21H23N3O3S/c1-4-15(2)16-7-11-19(12-8-16)28(26,27)23-18-9-5-17(6-10-18)20(25)21-22-13-14-24(21)3/h5-15,23H,4H2,1-3H3. The first-order chi connectivity index (χ1) is 13.3. The summed E-state index contributed by atoms with van der Waals surface area (Å²) in [6.45, 7) is 4.20. The Morgan fingerprint density at radius 3 is 2.29 bits per heavy atom. The Labute approximate surface area is 165 Å². The van der Waals surface area contributed by atoms with Gasteiger partial charge in [0.25, 0.3) is 10.0 Å². The van der Waals surface area contributed by atoms with E-state index in [2.05, 4.69) is 23.6 Å². The second-order valence-electron chi connectivity index (χ2n) is 6.75. The van der Waals surface area contributed by atoms with Crippen LogP contribution in [0.1, 0.15) is 47.9 Å². The lowest BCUT2D eigenvalue weighted by molar-refractivity contribution is 0.102. The van der Waals surface area contributed by atoms with Gasteiger partial charge in [-0.05, 0) is 54.3 Å². The number of sulfonamides is 1. The molecule has 3 aromatic rings. The number of ketones is 1. The molecule has 0 bridgehead atoms. The van der Waals surface area contributed by atoms with Gasteiger partial charge in [-0.2, -0.15) is 0 Å². The highest BCUT2D eigenvalue weighted by Crippen LogP contribution is 2.22. The first-order valence-corrected chi connectivity index (χ1v) is 10.5. The monoisotopic (exact) mass is 397 g/mol. The number of aryl methyl sites for hydroxylation is 1. The van der Waals surface area contributed by atoms with Gasteiger partial charge in [-0.15, -0.1) is 0 Å². The Morgan fingerprint density at radius 2 is 1.75 bits per heavy atom. The zero-order chi connectivity index (χ0) is 20.3. The Kier molecular flexibility index (Phi) is 5.65. The molecule has 1 unspecified atom stereocenters. The van der Waals surface area contributed by atoms with Crippen LogP contribution in [0.2, 0.25) is 0 Å². The Bertz CT molecular complexity index is 1070. The summed E-state index contributed by atoms with van der Waals surface area (Å²) in [6, 6.07) is 13.2. The maximum Gasteiger partial charge on any atom is 0.261 e. The molecule has 0 aliphatic heterocycles. The lowest BCUT2D eigenvalue weighted by atomic mass is 9.99. The quantitative estimate of drug-likeness (QED) is 0.612. The lowest BCUT2D eigenvalue weighted by Crippen LogP contribution is -2.13. The molecule has 0 saturated heterocycles. The number of benzene rings is 2. The molecule has 1 heterocycles. The van der Waals surface area contributed by atoms with Crippen molar-refractivity contribution in [3.05, 3.63) is 77.9 Å². The largest absolute Gasteiger partial charge is 0.331 e. The smallest absolute Gasteiger partial charge is 0.261 e. The van der Waals surface area contributed by atoms with Gasteiger partial charge in [0.2, 0.25) is 5.78 Å². The lowest BCUT2D eigenvalue weighted by Gasteiger charge is -2.11. The van der Waals surface area contributed by atoms with Crippen molar-refractivity contribution in [2.75, 3.05) is 4.72 Å². The molecule has 0 amide bonds. The average molecular weight is 398 g/mol. The van der Waals surface area contributed by atoms with Gasteiger partial charge in [-0.25, -0.2) is 13.4 Å². The highest BCUT2D eigenvalue weighted by atomic mass is 32.2. The Morgan fingerprint density at radius 1 is 1.11 bits per heavy atom. The van der Waals surface area contributed by atoms with Crippen LogP contribution in [-0.2, 0) is 17.1 Å². The molecule has 2 aromatic carbocycles. The van der Waals surface area contributed by atoms with Crippen LogP contribution in [0.3, 0.4) is 0 Å². The normalized spacial score (nSPS) is 12.5. The van der Waals surface area contributed by atoms with Crippen molar-refractivity contribution in [2.45, 2.75) is 31.1 Å². The van der Waals surface area contributed by atoms with Gasteiger partial charge in [-0.3, -0.25) is 9.52 Å². The van der Waals surface area contributed by atoms with E-state index >= 15 is 0 Å². The minimum absolute atomic E-state index is 0.202. The molecule has 7 heteroatoms. The third-order valence-electron chi connectivity index (χ3n) is 4.80. The van der Waals surface area contributed by atoms with Crippen molar-refractivity contribution in [3.8, 4) is 0 Å². The number of rotatable bonds is 7. The third kappa shape index (κ3) is 4.14. The number of imidazole rings is 1. The van der Waals surface area contributed by atoms with Crippen LogP contribution >= 0.6 is 0 Å². The number of aromatic nitrogens is 2. The van der Waals surface area contributed by atoms with Gasteiger partial charge in [0, 0.05) is 30.7 Å². The SMILES string of the molecule is CCC(C)c1ccc(S(=O)(=O)Nc2ccc(C(=O)c3nccn3C)cc2)cc1. The fourth-order valence-corrected chi connectivity index (χ4v) is 3.89. The molecule has 0 aliphatic carbocycles. The maximum atomic E-state index is 12.6. The fourth-order valence-electron chi connectivity index (χ4n) is 2.83. The van der Waals surface area contributed by atoms with Gasteiger partial charge in [-0.1, -0.05) is 26.0 Å². The van der Waals surface area contributed by atoms with Crippen molar-refractivity contribution in [3.63, 3.8) is 0 Å². The molecule has 0 saturated carbocycles. The molecule has 0 radical (unpaired) electrons. The topological polar surface area (TPSA) is 81.1 Å². The molecule has 1 N–H and O–H groups in total. The molecule has 3 rings (SSSR count). The average Bonchev–Trinajstić information content (AvgIpc) is 3.13. The van der Waals surface area contributed by atoms with Gasteiger partial charge in [0.1, 0.15) is 0 Å². The van der Waals surface area contributed by atoms with E-state index in [1.807, 2.05) is 12.1 Å². The number of carbonyl (C=O) groups is 1. The minimum atomic E-state index is -3.70. The van der Waals surface area contributed by atoms with Gasteiger partial charge in [0.05, 0.1) is 4.90 Å². The van der Waals surface area contributed by atoms with E-state index in [4.69, 9.17) is 0 Å². The van der Waals surface area contributed by atoms with Crippen LogP contribution in [0.15, 0.2) is 65.8 Å². The molecule has 0 aliphatic rings. The minimum Gasteiger partial charge on any atom is -0.331 e. The molecule has 6 nitrogen and oxygen atoms in total. The highest BCUT2D eigenvalue weighted by molar-refractivity contribution is 7.92. The number of hydrogen-bond donors (Lipinski definition) is 1. The fraction of sp³-hybridized carbons (Fsp3) is 0.238. The first-order valence-electron chi connectivity index (χ1n) is 9.06. The zero-order valence-corrected chi connectivity index (χ0v) is 16.9. The summed E-state index contributed by atoms with van der Waals surface area (Å²) in [5.74, 6) is 0.491. The predicted molar refractivity (Wildman–Crippen MR) is 109 cm³/mol.